The van der Waals surface area contributed by atoms with Gasteiger partial charge in [0.15, 0.2) is 0 Å². The highest BCUT2D eigenvalue weighted by atomic mass is 127. The van der Waals surface area contributed by atoms with Crippen LogP contribution in [0.15, 0.2) is 84.0 Å². The molecule has 0 aliphatic carbocycles. The summed E-state index contributed by atoms with van der Waals surface area (Å²) >= 11 is 2.09. The summed E-state index contributed by atoms with van der Waals surface area (Å²) in [5.41, 5.74) is 3.97. The van der Waals surface area contributed by atoms with E-state index in [1.165, 1.54) is 0 Å². The van der Waals surface area contributed by atoms with Gasteiger partial charge in [0, 0.05) is 9.13 Å². The maximum absolute atomic E-state index is 12.2. The molecule has 2 N–H and O–H groups in total. The summed E-state index contributed by atoms with van der Waals surface area (Å²) in [6, 6.07) is 25.5. The quantitative estimate of drug-likeness (QED) is 0.181. The third-order valence-electron chi connectivity index (χ3n) is 4.72. The van der Waals surface area contributed by atoms with Gasteiger partial charge in [0.25, 0.3) is 11.8 Å². The molecule has 6 heteroatoms. The second kappa shape index (κ2) is 9.04. The molecule has 0 heterocycles. The van der Waals surface area contributed by atoms with E-state index in [-0.39, 0.29) is 12.5 Å². The molecule has 4 rings (SSSR count). The number of hydrogen-bond donors (Lipinski definition) is 2. The van der Waals surface area contributed by atoms with Crippen LogP contribution in [0.5, 0.6) is 0 Å². The molecule has 4 aromatic rings. The maximum Gasteiger partial charge on any atom is 0.259 e. The van der Waals surface area contributed by atoms with Crippen LogP contribution in [0.2, 0.25) is 0 Å². The van der Waals surface area contributed by atoms with Crippen LogP contribution in [-0.4, -0.2) is 24.6 Å². The van der Waals surface area contributed by atoms with Crippen molar-refractivity contribution in [2.45, 2.75) is 0 Å². The molecule has 2 amide bonds. The van der Waals surface area contributed by atoms with Crippen LogP contribution >= 0.6 is 22.6 Å². The van der Waals surface area contributed by atoms with Crippen LogP contribution in [0.4, 0.5) is 0 Å². The lowest BCUT2D eigenvalue weighted by Gasteiger charge is -2.08. The molecular weight excluding hydrogens is 489 g/mol. The average Bonchev–Trinajstić information content (AvgIpc) is 2.77. The molecule has 0 radical (unpaired) electrons. The number of benzene rings is 4. The summed E-state index contributed by atoms with van der Waals surface area (Å²) in [5, 5.41) is 11.1. The minimum Gasteiger partial charge on any atom is -0.343 e. The molecule has 0 bridgehead atoms. The van der Waals surface area contributed by atoms with Crippen molar-refractivity contribution in [2.75, 3.05) is 6.54 Å². The first-order valence-electron chi connectivity index (χ1n) is 9.38. The normalized spacial score (nSPS) is 11.1. The highest BCUT2D eigenvalue weighted by molar-refractivity contribution is 14.1. The number of rotatable bonds is 5. The fraction of sp³-hybridized carbons (Fsp3) is 0.0417. The van der Waals surface area contributed by atoms with E-state index in [9.17, 15) is 9.59 Å². The van der Waals surface area contributed by atoms with Crippen molar-refractivity contribution in [2.24, 2.45) is 5.10 Å². The monoisotopic (exact) mass is 507 g/mol. The van der Waals surface area contributed by atoms with Crippen LogP contribution in [0.1, 0.15) is 15.9 Å². The SMILES string of the molecule is O=C(CNC(=O)c1ccccc1I)N/N=C\c1c2ccccc2cc2ccccc12. The lowest BCUT2D eigenvalue weighted by Crippen LogP contribution is -2.35. The van der Waals surface area contributed by atoms with Gasteiger partial charge in [0.2, 0.25) is 0 Å². The summed E-state index contributed by atoms with van der Waals surface area (Å²) in [7, 11) is 0. The predicted molar refractivity (Wildman–Crippen MR) is 129 cm³/mol. The van der Waals surface area contributed by atoms with Gasteiger partial charge in [-0.3, -0.25) is 9.59 Å². The Morgan fingerprint density at radius 2 is 1.47 bits per heavy atom. The van der Waals surface area contributed by atoms with Crippen molar-refractivity contribution in [3.05, 3.63) is 93.6 Å². The molecule has 148 valence electrons. The molecule has 0 spiro atoms. The van der Waals surface area contributed by atoms with Crippen molar-refractivity contribution in [3.63, 3.8) is 0 Å². The molecule has 0 aromatic heterocycles. The highest BCUT2D eigenvalue weighted by Crippen LogP contribution is 2.27. The third-order valence-corrected chi connectivity index (χ3v) is 5.66. The Labute approximate surface area is 187 Å². The first-order valence-corrected chi connectivity index (χ1v) is 10.5. The van der Waals surface area contributed by atoms with E-state index >= 15 is 0 Å². The van der Waals surface area contributed by atoms with Gasteiger partial charge in [0.1, 0.15) is 0 Å². The molecule has 0 fully saturated rings. The molecular formula is C24H18IN3O2. The second-order valence-corrected chi connectivity index (χ2v) is 7.85. The van der Waals surface area contributed by atoms with Crippen LogP contribution < -0.4 is 10.7 Å². The number of nitrogens with one attached hydrogen (secondary N) is 2. The predicted octanol–water partition coefficient (Wildman–Crippen LogP) is 4.48. The molecule has 0 aliphatic heterocycles. The zero-order valence-corrected chi connectivity index (χ0v) is 18.1. The zero-order valence-electron chi connectivity index (χ0n) is 15.9. The van der Waals surface area contributed by atoms with Gasteiger partial charge in [-0.25, -0.2) is 5.43 Å². The van der Waals surface area contributed by atoms with Gasteiger partial charge in [-0.2, -0.15) is 5.10 Å². The van der Waals surface area contributed by atoms with Gasteiger partial charge in [-0.1, -0.05) is 60.7 Å². The molecule has 0 aliphatic rings. The number of halogens is 1. The van der Waals surface area contributed by atoms with Gasteiger partial charge < -0.3 is 5.32 Å². The third kappa shape index (κ3) is 4.33. The standard InChI is InChI=1S/C24H18IN3O2/c25-22-12-6-5-11-20(22)24(30)26-15-23(29)28-27-14-21-18-9-3-1-7-16(18)13-17-8-2-4-10-19(17)21/h1-14H,15H2,(H,26,30)(H,28,29)/b27-14-. The summed E-state index contributed by atoms with van der Waals surface area (Å²) in [5.74, 6) is -0.686. The number of fused-ring (bicyclic) bond motifs is 2. The number of amides is 2. The van der Waals surface area contributed by atoms with Gasteiger partial charge in [-0.15, -0.1) is 0 Å². The molecule has 0 unspecified atom stereocenters. The zero-order chi connectivity index (χ0) is 20.9. The number of carbonyl (C=O) groups excluding carboxylic acids is 2. The minimum absolute atomic E-state index is 0.155. The minimum atomic E-state index is -0.393. The van der Waals surface area contributed by atoms with E-state index in [0.717, 1.165) is 30.7 Å². The number of carbonyl (C=O) groups is 2. The molecule has 0 saturated heterocycles. The van der Waals surface area contributed by atoms with Crippen molar-refractivity contribution in [1.29, 1.82) is 0 Å². The fourth-order valence-corrected chi connectivity index (χ4v) is 3.93. The van der Waals surface area contributed by atoms with E-state index in [0.29, 0.717) is 5.56 Å². The van der Waals surface area contributed by atoms with E-state index in [1.54, 1.807) is 18.3 Å². The van der Waals surface area contributed by atoms with E-state index < -0.39 is 5.91 Å². The Hall–Kier alpha value is -3.26. The highest BCUT2D eigenvalue weighted by Gasteiger charge is 2.10. The molecule has 0 atom stereocenters. The summed E-state index contributed by atoms with van der Waals surface area (Å²) < 4.78 is 0.828. The fourth-order valence-electron chi connectivity index (χ4n) is 3.30. The number of nitrogens with zero attached hydrogens (tertiary/aromatic N) is 1. The first kappa shape index (κ1) is 20.0. The average molecular weight is 507 g/mol. The Morgan fingerprint density at radius 1 is 0.867 bits per heavy atom. The van der Waals surface area contributed by atoms with E-state index in [1.807, 2.05) is 48.5 Å². The van der Waals surface area contributed by atoms with Crippen molar-refractivity contribution in [3.8, 4) is 0 Å². The number of hydrogen-bond acceptors (Lipinski definition) is 3. The number of hydrazone groups is 1. The largest absolute Gasteiger partial charge is 0.343 e. The Balaban J connectivity index is 1.48. The van der Waals surface area contributed by atoms with Crippen LogP contribution in [0, 0.1) is 3.57 Å². The topological polar surface area (TPSA) is 70.6 Å². The summed E-state index contributed by atoms with van der Waals surface area (Å²) in [4.78, 5) is 24.4. The first-order chi connectivity index (χ1) is 14.6. The molecule has 5 nitrogen and oxygen atoms in total. The van der Waals surface area contributed by atoms with Crippen LogP contribution in [-0.2, 0) is 4.79 Å². The van der Waals surface area contributed by atoms with Gasteiger partial charge in [-0.05, 0) is 62.3 Å². The van der Waals surface area contributed by atoms with Gasteiger partial charge >= 0.3 is 0 Å². The van der Waals surface area contributed by atoms with E-state index in [2.05, 4.69) is 56.6 Å². The van der Waals surface area contributed by atoms with Crippen LogP contribution in [0.25, 0.3) is 21.5 Å². The van der Waals surface area contributed by atoms with Crippen molar-refractivity contribution in [1.82, 2.24) is 10.7 Å². The lowest BCUT2D eigenvalue weighted by atomic mass is 9.97. The maximum atomic E-state index is 12.2. The smallest absolute Gasteiger partial charge is 0.259 e. The van der Waals surface area contributed by atoms with Crippen molar-refractivity contribution < 1.29 is 9.59 Å². The Kier molecular flexibility index (Phi) is 6.04. The van der Waals surface area contributed by atoms with Gasteiger partial charge in [0.05, 0.1) is 18.3 Å². The Morgan fingerprint density at radius 3 is 2.13 bits per heavy atom. The van der Waals surface area contributed by atoms with Crippen LogP contribution in [0.3, 0.4) is 0 Å². The Bertz CT molecular complexity index is 1230. The molecule has 4 aromatic carbocycles. The van der Waals surface area contributed by atoms with E-state index in [4.69, 9.17) is 0 Å². The lowest BCUT2D eigenvalue weighted by molar-refractivity contribution is -0.120. The summed E-state index contributed by atoms with van der Waals surface area (Å²) in [6.07, 6.45) is 1.66. The molecule has 0 saturated carbocycles. The van der Waals surface area contributed by atoms with Crippen molar-refractivity contribution >= 4 is 62.2 Å². The summed E-state index contributed by atoms with van der Waals surface area (Å²) in [6.45, 7) is -0.155. The second-order valence-electron chi connectivity index (χ2n) is 6.69. The molecule has 30 heavy (non-hydrogen) atoms.